The number of hydrogen-bond donors (Lipinski definition) is 2. The van der Waals surface area contributed by atoms with Crippen molar-refractivity contribution in [3.8, 4) is 0 Å². The van der Waals surface area contributed by atoms with Gasteiger partial charge in [0.1, 0.15) is 4.90 Å². The smallest absolute Gasteiger partial charge is 0.263 e. The van der Waals surface area contributed by atoms with Crippen LogP contribution in [0, 0.1) is 0 Å². The molecule has 0 radical (unpaired) electrons. The van der Waals surface area contributed by atoms with Crippen molar-refractivity contribution in [3.05, 3.63) is 51.4 Å². The third-order valence-corrected chi connectivity index (χ3v) is 5.20. The fourth-order valence-corrected chi connectivity index (χ4v) is 3.82. The summed E-state index contributed by atoms with van der Waals surface area (Å²) in [5.74, 6) is 0. The van der Waals surface area contributed by atoms with Crippen LogP contribution in [0.5, 0.6) is 0 Å². The molecule has 0 spiro atoms. The average Bonchev–Trinajstić information content (AvgIpc) is 2.43. The molecule has 0 bridgehead atoms. The van der Waals surface area contributed by atoms with Crippen molar-refractivity contribution < 1.29 is 8.42 Å². The molecule has 0 saturated heterocycles. The second-order valence-electron chi connectivity index (χ2n) is 4.34. The maximum atomic E-state index is 12.4. The van der Waals surface area contributed by atoms with Crippen molar-refractivity contribution >= 4 is 37.3 Å². The SMILES string of the molecule is CCn1cc(NS(=O)(=O)c2cc(N)ccc2Br)ccc1=O. The number of nitrogens with two attached hydrogens (primary N) is 1. The Morgan fingerprint density at radius 1 is 1.29 bits per heavy atom. The number of sulfonamides is 1. The summed E-state index contributed by atoms with van der Waals surface area (Å²) in [6.45, 7) is 2.25. The van der Waals surface area contributed by atoms with Crippen LogP contribution in [-0.4, -0.2) is 13.0 Å². The number of halogens is 1. The van der Waals surface area contributed by atoms with Gasteiger partial charge in [-0.1, -0.05) is 0 Å². The standard InChI is InChI=1S/C13H14BrN3O3S/c1-2-17-8-10(4-6-13(17)18)16-21(19,20)12-7-9(15)3-5-11(12)14/h3-8,16H,2,15H2,1H3. The molecule has 0 aliphatic rings. The summed E-state index contributed by atoms with van der Waals surface area (Å²) in [6, 6.07) is 7.27. The number of nitrogens with zero attached hydrogens (tertiary/aromatic N) is 1. The molecule has 2 aromatic rings. The zero-order chi connectivity index (χ0) is 15.6. The van der Waals surface area contributed by atoms with Crippen LogP contribution in [0.1, 0.15) is 6.92 Å². The van der Waals surface area contributed by atoms with E-state index in [-0.39, 0.29) is 10.5 Å². The fraction of sp³-hybridized carbons (Fsp3) is 0.154. The van der Waals surface area contributed by atoms with Crippen molar-refractivity contribution in [1.29, 1.82) is 0 Å². The number of rotatable bonds is 4. The summed E-state index contributed by atoms with van der Waals surface area (Å²) >= 11 is 3.19. The molecule has 0 saturated carbocycles. The summed E-state index contributed by atoms with van der Waals surface area (Å²) in [7, 11) is -3.80. The van der Waals surface area contributed by atoms with Crippen LogP contribution in [0.15, 0.2) is 50.7 Å². The molecule has 0 unspecified atom stereocenters. The lowest BCUT2D eigenvalue weighted by molar-refractivity contribution is 0.600. The van der Waals surface area contributed by atoms with E-state index in [1.54, 1.807) is 19.1 Å². The van der Waals surface area contributed by atoms with Crippen molar-refractivity contribution in [3.63, 3.8) is 0 Å². The van der Waals surface area contributed by atoms with Crippen molar-refractivity contribution in [1.82, 2.24) is 4.57 Å². The minimum atomic E-state index is -3.80. The largest absolute Gasteiger partial charge is 0.399 e. The highest BCUT2D eigenvalue weighted by atomic mass is 79.9. The van der Waals surface area contributed by atoms with E-state index in [0.717, 1.165) is 0 Å². The lowest BCUT2D eigenvalue weighted by Crippen LogP contribution is -2.20. The first-order valence-corrected chi connectivity index (χ1v) is 8.39. The van der Waals surface area contributed by atoms with E-state index >= 15 is 0 Å². The Kier molecular flexibility index (Phi) is 4.38. The van der Waals surface area contributed by atoms with Crippen LogP contribution in [0.4, 0.5) is 11.4 Å². The van der Waals surface area contributed by atoms with Crippen LogP contribution in [0.2, 0.25) is 0 Å². The third kappa shape index (κ3) is 3.45. The molecule has 6 nitrogen and oxygen atoms in total. The van der Waals surface area contributed by atoms with Crippen LogP contribution >= 0.6 is 15.9 Å². The van der Waals surface area contributed by atoms with E-state index in [2.05, 4.69) is 20.7 Å². The first-order chi connectivity index (χ1) is 9.83. The number of hydrogen-bond acceptors (Lipinski definition) is 4. The molecule has 2 rings (SSSR count). The maximum Gasteiger partial charge on any atom is 0.263 e. The Morgan fingerprint density at radius 3 is 2.67 bits per heavy atom. The number of nitrogen functional groups attached to an aromatic ring is 1. The molecule has 1 heterocycles. The van der Waals surface area contributed by atoms with Crippen LogP contribution < -0.4 is 16.0 Å². The Labute approximate surface area is 130 Å². The lowest BCUT2D eigenvalue weighted by Gasteiger charge is -2.11. The second kappa shape index (κ2) is 5.90. The molecule has 1 aromatic carbocycles. The molecule has 8 heteroatoms. The highest BCUT2D eigenvalue weighted by Gasteiger charge is 2.18. The fourth-order valence-electron chi connectivity index (χ4n) is 1.77. The van der Waals surface area contributed by atoms with Gasteiger partial charge in [-0.2, -0.15) is 0 Å². The topological polar surface area (TPSA) is 94.2 Å². The molecule has 0 aliphatic carbocycles. The summed E-state index contributed by atoms with van der Waals surface area (Å²) in [6.07, 6.45) is 1.46. The van der Waals surface area contributed by atoms with E-state index in [1.165, 1.54) is 29.0 Å². The Morgan fingerprint density at radius 2 is 2.00 bits per heavy atom. The predicted molar refractivity (Wildman–Crippen MR) is 85.7 cm³/mol. The average molecular weight is 372 g/mol. The highest BCUT2D eigenvalue weighted by Crippen LogP contribution is 2.26. The summed E-state index contributed by atoms with van der Waals surface area (Å²) in [5.41, 5.74) is 6.09. The minimum Gasteiger partial charge on any atom is -0.399 e. The van der Waals surface area contributed by atoms with Gasteiger partial charge in [0, 0.05) is 29.0 Å². The van der Waals surface area contributed by atoms with Crippen molar-refractivity contribution in [2.75, 3.05) is 10.5 Å². The number of anilines is 2. The Balaban J connectivity index is 2.42. The van der Waals surface area contributed by atoms with Crippen LogP contribution in [0.25, 0.3) is 0 Å². The highest BCUT2D eigenvalue weighted by molar-refractivity contribution is 9.10. The zero-order valence-electron chi connectivity index (χ0n) is 11.2. The van der Waals surface area contributed by atoms with Crippen LogP contribution in [-0.2, 0) is 16.6 Å². The quantitative estimate of drug-likeness (QED) is 0.803. The molecule has 112 valence electrons. The molecular formula is C13H14BrN3O3S. The number of aryl methyl sites for hydroxylation is 1. The van der Waals surface area contributed by atoms with Gasteiger partial charge >= 0.3 is 0 Å². The van der Waals surface area contributed by atoms with Crippen molar-refractivity contribution in [2.45, 2.75) is 18.4 Å². The predicted octanol–water partition coefficient (Wildman–Crippen LogP) is 2.01. The first-order valence-electron chi connectivity index (χ1n) is 6.12. The Hall–Kier alpha value is -1.80. The van der Waals surface area contributed by atoms with Crippen LogP contribution in [0.3, 0.4) is 0 Å². The van der Waals surface area contributed by atoms with E-state index < -0.39 is 10.0 Å². The number of benzene rings is 1. The molecule has 0 fully saturated rings. The molecule has 3 N–H and O–H groups in total. The molecule has 0 atom stereocenters. The van der Waals surface area contributed by atoms with Gasteiger partial charge in [-0.15, -0.1) is 0 Å². The molecular weight excluding hydrogens is 358 g/mol. The van der Waals surface area contributed by atoms with Gasteiger partial charge in [0.15, 0.2) is 0 Å². The number of aromatic nitrogens is 1. The number of pyridine rings is 1. The molecule has 1 aromatic heterocycles. The number of nitrogens with one attached hydrogen (secondary N) is 1. The van der Waals surface area contributed by atoms with Gasteiger partial charge in [-0.25, -0.2) is 8.42 Å². The molecule has 21 heavy (non-hydrogen) atoms. The molecule has 0 aliphatic heterocycles. The first kappa shape index (κ1) is 15.6. The molecule has 0 amide bonds. The van der Waals surface area contributed by atoms with E-state index in [1.807, 2.05) is 0 Å². The van der Waals surface area contributed by atoms with E-state index in [9.17, 15) is 13.2 Å². The van der Waals surface area contributed by atoms with Gasteiger partial charge in [0.2, 0.25) is 0 Å². The van der Waals surface area contributed by atoms with Gasteiger partial charge in [0.05, 0.1) is 5.69 Å². The minimum absolute atomic E-state index is 0.0387. The van der Waals surface area contributed by atoms with E-state index in [0.29, 0.717) is 22.4 Å². The van der Waals surface area contributed by atoms with Gasteiger partial charge < -0.3 is 10.3 Å². The second-order valence-corrected chi connectivity index (χ2v) is 6.84. The van der Waals surface area contributed by atoms with E-state index in [4.69, 9.17) is 5.73 Å². The summed E-state index contributed by atoms with van der Waals surface area (Å²) in [5, 5.41) is 0. The summed E-state index contributed by atoms with van der Waals surface area (Å²) in [4.78, 5) is 11.5. The van der Waals surface area contributed by atoms with Gasteiger partial charge in [-0.3, -0.25) is 9.52 Å². The Bertz CT molecular complexity index is 831. The maximum absolute atomic E-state index is 12.4. The summed E-state index contributed by atoms with van der Waals surface area (Å²) < 4.78 is 29.0. The lowest BCUT2D eigenvalue weighted by atomic mass is 10.3. The van der Waals surface area contributed by atoms with Crippen molar-refractivity contribution in [2.24, 2.45) is 0 Å². The van der Waals surface area contributed by atoms with Gasteiger partial charge in [0.25, 0.3) is 15.6 Å². The normalized spacial score (nSPS) is 11.3. The monoisotopic (exact) mass is 371 g/mol. The zero-order valence-corrected chi connectivity index (χ0v) is 13.6. The third-order valence-electron chi connectivity index (χ3n) is 2.82. The van der Waals surface area contributed by atoms with Gasteiger partial charge in [-0.05, 0) is 47.1 Å².